The maximum atomic E-state index is 13.1. The van der Waals surface area contributed by atoms with Gasteiger partial charge in [0, 0.05) is 0 Å². The number of H-pyrrole nitrogens is 2. The summed E-state index contributed by atoms with van der Waals surface area (Å²) in [5.41, 5.74) is 0.0977. The van der Waals surface area contributed by atoms with Crippen molar-refractivity contribution in [3.05, 3.63) is 33.5 Å². The van der Waals surface area contributed by atoms with Crippen LogP contribution in [0.3, 0.4) is 0 Å². The number of benzene rings is 1. The first-order chi connectivity index (χ1) is 5.68. The van der Waals surface area contributed by atoms with Crippen molar-refractivity contribution in [2.24, 2.45) is 0 Å². The molecule has 0 aliphatic heterocycles. The van der Waals surface area contributed by atoms with E-state index >= 15 is 0 Å². The topological polar surface area (TPSA) is 48.6 Å². The molecule has 2 rings (SSSR count). The molecule has 0 radical (unpaired) electrons. The van der Waals surface area contributed by atoms with Crippen molar-refractivity contribution in [1.82, 2.24) is 9.97 Å². The predicted octanol–water partition coefficient (Wildman–Crippen LogP) is 1.65. The number of rotatable bonds is 0. The van der Waals surface area contributed by atoms with Crippen LogP contribution in [0.25, 0.3) is 11.0 Å². The Bertz CT molecular complexity index is 488. The lowest BCUT2D eigenvalue weighted by atomic mass is 10.3. The highest BCUT2D eigenvalue weighted by Crippen LogP contribution is 2.20. The lowest BCUT2D eigenvalue weighted by molar-refractivity contribution is 0.637. The number of nitrogens with one attached hydrogen (secondary N) is 2. The van der Waals surface area contributed by atoms with E-state index in [2.05, 4.69) is 9.97 Å². The molecule has 0 bridgehead atoms. The van der Waals surface area contributed by atoms with E-state index in [-0.39, 0.29) is 10.5 Å². The van der Waals surface area contributed by atoms with Gasteiger partial charge in [-0.3, -0.25) is 0 Å². The minimum atomic E-state index is -0.604. The van der Waals surface area contributed by atoms with Gasteiger partial charge < -0.3 is 9.97 Å². The van der Waals surface area contributed by atoms with E-state index < -0.39 is 11.5 Å². The molecule has 0 saturated heterocycles. The molecule has 0 amide bonds. The van der Waals surface area contributed by atoms with Gasteiger partial charge in [0.25, 0.3) is 0 Å². The van der Waals surface area contributed by atoms with Crippen molar-refractivity contribution in [1.29, 1.82) is 0 Å². The zero-order valence-electron chi connectivity index (χ0n) is 5.82. The van der Waals surface area contributed by atoms with Crippen LogP contribution in [0.15, 0.2) is 16.9 Å². The maximum Gasteiger partial charge on any atom is 0.323 e. The predicted molar refractivity (Wildman–Crippen MR) is 43.9 cm³/mol. The molecule has 1 aromatic heterocycles. The van der Waals surface area contributed by atoms with Crippen LogP contribution in [0.2, 0.25) is 5.02 Å². The molecule has 1 heterocycles. The van der Waals surface area contributed by atoms with Crippen molar-refractivity contribution >= 4 is 22.6 Å². The van der Waals surface area contributed by atoms with Crippen LogP contribution in [0.4, 0.5) is 4.39 Å². The van der Waals surface area contributed by atoms with E-state index in [1.807, 2.05) is 0 Å². The summed E-state index contributed by atoms with van der Waals surface area (Å²) in [4.78, 5) is 15.4. The summed E-state index contributed by atoms with van der Waals surface area (Å²) in [6.45, 7) is 0. The molecule has 0 aliphatic rings. The largest absolute Gasteiger partial charge is 0.323 e. The number of fused-ring (bicyclic) bond motifs is 1. The zero-order chi connectivity index (χ0) is 8.72. The second kappa shape index (κ2) is 2.35. The standard InChI is InChI=1S/C7H4ClFN2O/c8-3-1-2-4-6(5(3)9)11-7(12)10-4/h1-2H,(H2,10,11,12). The van der Waals surface area contributed by atoms with Gasteiger partial charge in [-0.1, -0.05) is 11.6 Å². The normalized spacial score (nSPS) is 10.8. The first kappa shape index (κ1) is 7.36. The number of aromatic nitrogens is 2. The van der Waals surface area contributed by atoms with Gasteiger partial charge in [-0.05, 0) is 12.1 Å². The van der Waals surface area contributed by atoms with Gasteiger partial charge in [0.2, 0.25) is 0 Å². The van der Waals surface area contributed by atoms with E-state index in [1.165, 1.54) is 6.07 Å². The summed E-state index contributed by atoms with van der Waals surface area (Å²) >= 11 is 5.49. The minimum absolute atomic E-state index is 0.00208. The molecule has 12 heavy (non-hydrogen) atoms. The summed E-state index contributed by atoms with van der Waals surface area (Å²) in [6.07, 6.45) is 0. The fourth-order valence-electron chi connectivity index (χ4n) is 1.04. The van der Waals surface area contributed by atoms with Crippen LogP contribution in [-0.4, -0.2) is 9.97 Å². The molecule has 0 atom stereocenters. The molecule has 0 aliphatic carbocycles. The molecule has 0 spiro atoms. The smallest absolute Gasteiger partial charge is 0.306 e. The highest BCUT2D eigenvalue weighted by molar-refractivity contribution is 6.31. The monoisotopic (exact) mass is 186 g/mol. The van der Waals surface area contributed by atoms with Gasteiger partial charge in [0.1, 0.15) is 5.52 Å². The lowest BCUT2D eigenvalue weighted by Gasteiger charge is -1.92. The lowest BCUT2D eigenvalue weighted by Crippen LogP contribution is -1.99. The fraction of sp³-hybridized carbons (Fsp3) is 0. The molecule has 0 fully saturated rings. The fourth-order valence-corrected chi connectivity index (χ4v) is 1.20. The molecule has 2 aromatic rings. The Balaban J connectivity index is 2.99. The van der Waals surface area contributed by atoms with Gasteiger partial charge >= 0.3 is 5.69 Å². The van der Waals surface area contributed by atoms with Crippen molar-refractivity contribution in [3.8, 4) is 0 Å². The molecule has 0 unspecified atom stereocenters. The number of aromatic amines is 2. The van der Waals surface area contributed by atoms with Crippen LogP contribution >= 0.6 is 11.6 Å². The van der Waals surface area contributed by atoms with Gasteiger partial charge in [-0.25, -0.2) is 9.18 Å². The molecule has 3 nitrogen and oxygen atoms in total. The van der Waals surface area contributed by atoms with Crippen LogP contribution in [0.5, 0.6) is 0 Å². The first-order valence-electron chi connectivity index (χ1n) is 3.24. The Kier molecular flexibility index (Phi) is 1.44. The Hall–Kier alpha value is -1.29. The maximum absolute atomic E-state index is 13.1. The molecule has 1 aromatic carbocycles. The Labute approximate surface area is 71.2 Å². The van der Waals surface area contributed by atoms with E-state index in [4.69, 9.17) is 11.6 Å². The molecule has 2 N–H and O–H groups in total. The molecule has 62 valence electrons. The molecular weight excluding hydrogens is 183 g/mol. The molecular formula is C7H4ClFN2O. The van der Waals surface area contributed by atoms with Gasteiger partial charge in [-0.2, -0.15) is 0 Å². The third kappa shape index (κ3) is 0.921. The van der Waals surface area contributed by atoms with Gasteiger partial charge in [-0.15, -0.1) is 0 Å². The quantitative estimate of drug-likeness (QED) is 0.646. The number of hydrogen-bond donors (Lipinski definition) is 2. The van der Waals surface area contributed by atoms with Crippen molar-refractivity contribution < 1.29 is 4.39 Å². The number of halogens is 2. The third-order valence-electron chi connectivity index (χ3n) is 1.58. The number of hydrogen-bond acceptors (Lipinski definition) is 1. The second-order valence-corrected chi connectivity index (χ2v) is 2.77. The van der Waals surface area contributed by atoms with Crippen LogP contribution in [0.1, 0.15) is 0 Å². The van der Waals surface area contributed by atoms with E-state index in [0.29, 0.717) is 5.52 Å². The Morgan fingerprint density at radius 3 is 2.83 bits per heavy atom. The zero-order valence-corrected chi connectivity index (χ0v) is 6.57. The van der Waals surface area contributed by atoms with Crippen LogP contribution in [-0.2, 0) is 0 Å². The Morgan fingerprint density at radius 2 is 2.08 bits per heavy atom. The van der Waals surface area contributed by atoms with Gasteiger partial charge in [0.15, 0.2) is 5.82 Å². The third-order valence-corrected chi connectivity index (χ3v) is 1.87. The van der Waals surface area contributed by atoms with E-state index in [9.17, 15) is 9.18 Å². The summed E-state index contributed by atoms with van der Waals surface area (Å²) in [5.74, 6) is -0.604. The summed E-state index contributed by atoms with van der Waals surface area (Å²) < 4.78 is 13.1. The minimum Gasteiger partial charge on any atom is -0.306 e. The summed E-state index contributed by atoms with van der Waals surface area (Å²) in [5, 5.41) is -0.00208. The first-order valence-corrected chi connectivity index (χ1v) is 3.62. The molecule has 0 saturated carbocycles. The Morgan fingerprint density at radius 1 is 1.33 bits per heavy atom. The average Bonchev–Trinajstić information content (AvgIpc) is 2.39. The van der Waals surface area contributed by atoms with E-state index in [0.717, 1.165) is 0 Å². The molecule has 5 heteroatoms. The average molecular weight is 187 g/mol. The highest BCUT2D eigenvalue weighted by atomic mass is 35.5. The van der Waals surface area contributed by atoms with Crippen molar-refractivity contribution in [3.63, 3.8) is 0 Å². The van der Waals surface area contributed by atoms with Gasteiger partial charge in [0.05, 0.1) is 10.5 Å². The SMILES string of the molecule is O=c1[nH]c2ccc(Cl)c(F)c2[nH]1. The summed E-state index contributed by atoms with van der Waals surface area (Å²) in [7, 11) is 0. The summed E-state index contributed by atoms with van der Waals surface area (Å²) in [6, 6.07) is 2.93. The van der Waals surface area contributed by atoms with Crippen LogP contribution in [0, 0.1) is 5.82 Å². The van der Waals surface area contributed by atoms with Crippen molar-refractivity contribution in [2.75, 3.05) is 0 Å². The van der Waals surface area contributed by atoms with Crippen LogP contribution < -0.4 is 5.69 Å². The highest BCUT2D eigenvalue weighted by Gasteiger charge is 2.07. The van der Waals surface area contributed by atoms with E-state index in [1.54, 1.807) is 6.07 Å². The van der Waals surface area contributed by atoms with Crippen molar-refractivity contribution in [2.45, 2.75) is 0 Å². The second-order valence-electron chi connectivity index (χ2n) is 2.36. The number of imidazole rings is 1.